The molecule has 0 aliphatic rings. The lowest BCUT2D eigenvalue weighted by atomic mass is 10.0. The van der Waals surface area contributed by atoms with Gasteiger partial charge in [0.25, 0.3) is 0 Å². The zero-order chi connectivity index (χ0) is 24.6. The average molecular weight is 465 g/mol. The molecule has 1 amide bonds. The molecule has 2 rings (SSSR count). The fourth-order valence-corrected chi connectivity index (χ4v) is 2.84. The summed E-state index contributed by atoms with van der Waals surface area (Å²) in [5.74, 6) is -4.85. The number of alkyl carbamates (subject to hydrolysis) is 1. The molecule has 0 aromatic heterocycles. The van der Waals surface area contributed by atoms with Crippen molar-refractivity contribution in [1.29, 1.82) is 0 Å². The van der Waals surface area contributed by atoms with Gasteiger partial charge in [-0.2, -0.15) is 8.78 Å². The molecule has 180 valence electrons. The van der Waals surface area contributed by atoms with Crippen LogP contribution in [0.2, 0.25) is 0 Å². The predicted octanol–water partition coefficient (Wildman–Crippen LogP) is 4.82. The number of hydrogen-bond donors (Lipinski definition) is 1. The van der Waals surface area contributed by atoms with Crippen LogP contribution < -0.4 is 14.8 Å². The van der Waals surface area contributed by atoms with Gasteiger partial charge in [-0.1, -0.05) is 30.3 Å². The van der Waals surface area contributed by atoms with E-state index in [2.05, 4.69) is 0 Å². The van der Waals surface area contributed by atoms with Crippen LogP contribution in [-0.4, -0.2) is 37.4 Å². The molecule has 0 saturated carbocycles. The molecule has 0 saturated heterocycles. The van der Waals surface area contributed by atoms with E-state index in [0.717, 1.165) is 17.7 Å². The van der Waals surface area contributed by atoms with Gasteiger partial charge in [0, 0.05) is 5.56 Å². The van der Waals surface area contributed by atoms with Gasteiger partial charge in [0.05, 0.1) is 13.7 Å². The molecule has 0 radical (unpaired) electrons. The van der Waals surface area contributed by atoms with Crippen molar-refractivity contribution in [2.45, 2.75) is 51.9 Å². The summed E-state index contributed by atoms with van der Waals surface area (Å²) in [6.45, 7) is 6.26. The molecule has 0 spiro atoms. The Morgan fingerprint density at radius 3 is 2.27 bits per heavy atom. The second-order valence-electron chi connectivity index (χ2n) is 8.09. The van der Waals surface area contributed by atoms with Crippen molar-refractivity contribution in [2.75, 3.05) is 13.7 Å². The second-order valence-corrected chi connectivity index (χ2v) is 8.09. The van der Waals surface area contributed by atoms with Crippen LogP contribution >= 0.6 is 0 Å². The van der Waals surface area contributed by atoms with Crippen molar-refractivity contribution in [2.24, 2.45) is 0 Å². The molecule has 0 aliphatic heterocycles. The summed E-state index contributed by atoms with van der Waals surface area (Å²) in [7, 11) is 1.31. The zero-order valence-electron chi connectivity index (χ0n) is 19.3. The van der Waals surface area contributed by atoms with Crippen LogP contribution in [0.3, 0.4) is 0 Å². The summed E-state index contributed by atoms with van der Waals surface area (Å²) in [5, 5.41) is 1.94. The minimum atomic E-state index is -3.84. The molecule has 0 heterocycles. The molecule has 2 aromatic carbocycles. The second kappa shape index (κ2) is 11.0. The Morgan fingerprint density at radius 2 is 1.70 bits per heavy atom. The summed E-state index contributed by atoms with van der Waals surface area (Å²) in [4.78, 5) is 24.5. The summed E-state index contributed by atoms with van der Waals surface area (Å²) in [6, 6.07) is 10.5. The van der Waals surface area contributed by atoms with Crippen molar-refractivity contribution >= 4 is 12.1 Å². The number of rotatable bonds is 9. The molecule has 9 heteroatoms. The van der Waals surface area contributed by atoms with E-state index in [9.17, 15) is 9.59 Å². The fourth-order valence-electron chi connectivity index (χ4n) is 2.84. The van der Waals surface area contributed by atoms with Crippen molar-refractivity contribution in [3.63, 3.8) is 0 Å². The third kappa shape index (κ3) is 7.34. The first-order valence-corrected chi connectivity index (χ1v) is 10.4. The highest BCUT2D eigenvalue weighted by molar-refractivity contribution is 5.83. The maximum atomic E-state index is 15.4. The Morgan fingerprint density at radius 1 is 1.03 bits per heavy atom. The van der Waals surface area contributed by atoms with Crippen molar-refractivity contribution in [1.82, 2.24) is 5.32 Å². The SMILES string of the molecule is CCOC(=O)C(NC(=O)OC(C)(C)C)C(F)(F)c1ccc(OCc2ccccc2)c(OC)c1. The largest absolute Gasteiger partial charge is 0.493 e. The summed E-state index contributed by atoms with van der Waals surface area (Å²) >= 11 is 0. The first-order valence-electron chi connectivity index (χ1n) is 10.4. The van der Waals surface area contributed by atoms with Gasteiger partial charge in [-0.3, -0.25) is 0 Å². The number of carbonyl (C=O) groups is 2. The molecular formula is C24H29F2NO6. The van der Waals surface area contributed by atoms with E-state index < -0.39 is 35.2 Å². The molecule has 0 bridgehead atoms. The number of amides is 1. The van der Waals surface area contributed by atoms with E-state index in [1.165, 1.54) is 20.1 Å². The Labute approximate surface area is 192 Å². The average Bonchev–Trinajstić information content (AvgIpc) is 2.75. The van der Waals surface area contributed by atoms with Crippen molar-refractivity contribution in [3.8, 4) is 11.5 Å². The maximum Gasteiger partial charge on any atom is 0.408 e. The van der Waals surface area contributed by atoms with Crippen LogP contribution in [0.15, 0.2) is 48.5 Å². The Hall–Kier alpha value is -3.36. The number of ether oxygens (including phenoxy) is 4. The number of alkyl halides is 2. The van der Waals surface area contributed by atoms with Gasteiger partial charge in [-0.05, 0) is 51.5 Å². The maximum absolute atomic E-state index is 15.4. The van der Waals surface area contributed by atoms with Crippen LogP contribution in [0.4, 0.5) is 13.6 Å². The van der Waals surface area contributed by atoms with Crippen LogP contribution in [0.25, 0.3) is 0 Å². The molecule has 7 nitrogen and oxygen atoms in total. The minimum Gasteiger partial charge on any atom is -0.493 e. The molecule has 1 N–H and O–H groups in total. The molecule has 1 atom stereocenters. The molecule has 0 fully saturated rings. The van der Waals surface area contributed by atoms with E-state index in [1.807, 2.05) is 35.6 Å². The molecule has 0 aliphatic carbocycles. The summed E-state index contributed by atoms with van der Waals surface area (Å²) < 4.78 is 51.5. The van der Waals surface area contributed by atoms with Gasteiger partial charge < -0.3 is 24.3 Å². The standard InChI is InChI=1S/C24H29F2NO6/c1-6-31-21(28)20(27-22(29)33-23(2,3)4)24(25,26)17-12-13-18(19(14-17)30-5)32-15-16-10-8-7-9-11-16/h7-14,20H,6,15H2,1-5H3,(H,27,29). The van der Waals surface area contributed by atoms with Crippen molar-refractivity contribution < 1.29 is 37.3 Å². The smallest absolute Gasteiger partial charge is 0.408 e. The van der Waals surface area contributed by atoms with Gasteiger partial charge in [-0.15, -0.1) is 0 Å². The number of methoxy groups -OCH3 is 1. The van der Waals surface area contributed by atoms with Gasteiger partial charge in [0.1, 0.15) is 12.2 Å². The van der Waals surface area contributed by atoms with Crippen molar-refractivity contribution in [3.05, 3.63) is 59.7 Å². The van der Waals surface area contributed by atoms with Gasteiger partial charge >= 0.3 is 18.0 Å². The highest BCUT2D eigenvalue weighted by Crippen LogP contribution is 2.38. The van der Waals surface area contributed by atoms with Crippen LogP contribution in [0.1, 0.15) is 38.8 Å². The van der Waals surface area contributed by atoms with E-state index in [0.29, 0.717) is 0 Å². The molecular weight excluding hydrogens is 436 g/mol. The van der Waals surface area contributed by atoms with Crippen LogP contribution in [-0.2, 0) is 26.8 Å². The lowest BCUT2D eigenvalue weighted by Crippen LogP contribution is -2.53. The highest BCUT2D eigenvalue weighted by atomic mass is 19.3. The third-order valence-corrected chi connectivity index (χ3v) is 4.33. The summed E-state index contributed by atoms with van der Waals surface area (Å²) in [6.07, 6.45) is -1.17. The lowest BCUT2D eigenvalue weighted by Gasteiger charge is -2.28. The monoisotopic (exact) mass is 465 g/mol. The van der Waals surface area contributed by atoms with E-state index in [1.54, 1.807) is 20.8 Å². The van der Waals surface area contributed by atoms with E-state index >= 15 is 8.78 Å². The van der Waals surface area contributed by atoms with Crippen LogP contribution in [0.5, 0.6) is 11.5 Å². The Bertz CT molecular complexity index is 944. The first-order chi connectivity index (χ1) is 15.5. The third-order valence-electron chi connectivity index (χ3n) is 4.33. The molecule has 1 unspecified atom stereocenters. The fraction of sp³-hybridized carbons (Fsp3) is 0.417. The van der Waals surface area contributed by atoms with E-state index in [4.69, 9.17) is 18.9 Å². The normalized spacial score (nSPS) is 12.5. The van der Waals surface area contributed by atoms with Crippen LogP contribution in [0, 0.1) is 0 Å². The Balaban J connectivity index is 2.30. The number of nitrogens with one attached hydrogen (secondary N) is 1. The first kappa shape index (κ1) is 25.9. The Kier molecular flexibility index (Phi) is 8.62. The van der Waals surface area contributed by atoms with Gasteiger partial charge in [0.2, 0.25) is 0 Å². The minimum absolute atomic E-state index is 0.0444. The quantitative estimate of drug-likeness (QED) is 0.535. The lowest BCUT2D eigenvalue weighted by molar-refractivity contribution is -0.158. The van der Waals surface area contributed by atoms with Gasteiger partial charge in [-0.25, -0.2) is 9.59 Å². The topological polar surface area (TPSA) is 83.1 Å². The number of esters is 1. The number of halogens is 2. The zero-order valence-corrected chi connectivity index (χ0v) is 19.3. The highest BCUT2D eigenvalue weighted by Gasteiger charge is 2.49. The number of hydrogen-bond acceptors (Lipinski definition) is 6. The molecule has 2 aromatic rings. The predicted molar refractivity (Wildman–Crippen MR) is 117 cm³/mol. The summed E-state index contributed by atoms with van der Waals surface area (Å²) in [5.41, 5.74) is -0.627. The van der Waals surface area contributed by atoms with E-state index in [-0.39, 0.29) is 24.7 Å². The van der Waals surface area contributed by atoms with Gasteiger partial charge in [0.15, 0.2) is 17.5 Å². The molecule has 33 heavy (non-hydrogen) atoms. The number of benzene rings is 2. The number of carbonyl (C=O) groups excluding carboxylic acids is 2.